The molecule has 0 spiro atoms. The van der Waals surface area contributed by atoms with Crippen molar-refractivity contribution in [2.24, 2.45) is 0 Å². The number of carboxylic acid groups (broad SMARTS) is 1. The number of nitro groups is 1. The van der Waals surface area contributed by atoms with E-state index in [1.807, 2.05) is 0 Å². The fourth-order valence-electron chi connectivity index (χ4n) is 2.39. The lowest BCUT2D eigenvalue weighted by Gasteiger charge is -2.26. The van der Waals surface area contributed by atoms with E-state index in [2.05, 4.69) is 0 Å². The molecule has 7 heteroatoms. The van der Waals surface area contributed by atoms with Crippen LogP contribution >= 0.6 is 0 Å². The minimum absolute atomic E-state index is 0.0194. The summed E-state index contributed by atoms with van der Waals surface area (Å²) in [6.07, 6.45) is 1.57. The van der Waals surface area contributed by atoms with Gasteiger partial charge in [-0.2, -0.15) is 0 Å². The van der Waals surface area contributed by atoms with Crippen LogP contribution in [0.25, 0.3) is 0 Å². The van der Waals surface area contributed by atoms with E-state index in [0.29, 0.717) is 12.2 Å². The van der Waals surface area contributed by atoms with E-state index in [9.17, 15) is 20.0 Å². The second-order valence-corrected chi connectivity index (χ2v) is 4.44. The van der Waals surface area contributed by atoms with Gasteiger partial charge >= 0.3 is 5.97 Å². The van der Waals surface area contributed by atoms with Crippen LogP contribution in [0, 0.1) is 10.1 Å². The van der Waals surface area contributed by atoms with Crippen molar-refractivity contribution in [1.82, 2.24) is 0 Å². The van der Waals surface area contributed by atoms with Crippen LogP contribution in [-0.2, 0) is 0 Å². The number of carboxylic acids is 1. The number of aliphatic hydroxyl groups is 1. The predicted molar refractivity (Wildman–Crippen MR) is 67.5 cm³/mol. The average molecular weight is 266 g/mol. The van der Waals surface area contributed by atoms with Gasteiger partial charge in [0.2, 0.25) is 0 Å². The van der Waals surface area contributed by atoms with Gasteiger partial charge in [0.1, 0.15) is 0 Å². The highest BCUT2D eigenvalue weighted by Gasteiger charge is 2.28. The highest BCUT2D eigenvalue weighted by Crippen LogP contribution is 2.31. The molecule has 19 heavy (non-hydrogen) atoms. The molecule has 7 nitrogen and oxygen atoms in total. The number of hydrogen-bond donors (Lipinski definition) is 2. The molecule has 1 aliphatic rings. The third kappa shape index (κ3) is 2.50. The Morgan fingerprint density at radius 3 is 2.84 bits per heavy atom. The van der Waals surface area contributed by atoms with E-state index in [0.717, 1.165) is 12.8 Å². The van der Waals surface area contributed by atoms with Crippen LogP contribution in [0.1, 0.15) is 23.2 Å². The summed E-state index contributed by atoms with van der Waals surface area (Å²) in [4.78, 5) is 23.2. The number of aromatic carboxylic acids is 1. The first kappa shape index (κ1) is 13.3. The van der Waals surface area contributed by atoms with Crippen molar-refractivity contribution in [3.8, 4) is 0 Å². The van der Waals surface area contributed by atoms with E-state index in [-0.39, 0.29) is 23.9 Å². The molecule has 0 amide bonds. The summed E-state index contributed by atoms with van der Waals surface area (Å²) in [6, 6.07) is 3.50. The van der Waals surface area contributed by atoms with Gasteiger partial charge in [0.25, 0.3) is 5.69 Å². The minimum Gasteiger partial charge on any atom is -0.478 e. The summed E-state index contributed by atoms with van der Waals surface area (Å²) in [6.45, 7) is 0.494. The molecule has 2 rings (SSSR count). The lowest BCUT2D eigenvalue weighted by Crippen LogP contribution is -2.33. The third-order valence-electron chi connectivity index (χ3n) is 3.32. The molecule has 102 valence electrons. The van der Waals surface area contributed by atoms with Gasteiger partial charge in [-0.1, -0.05) is 0 Å². The van der Waals surface area contributed by atoms with Crippen LogP contribution in [0.5, 0.6) is 0 Å². The monoisotopic (exact) mass is 266 g/mol. The van der Waals surface area contributed by atoms with Crippen LogP contribution < -0.4 is 4.90 Å². The van der Waals surface area contributed by atoms with Crippen molar-refractivity contribution in [2.45, 2.75) is 18.9 Å². The molecular weight excluding hydrogens is 252 g/mol. The third-order valence-corrected chi connectivity index (χ3v) is 3.32. The number of aliphatic hydroxyl groups excluding tert-OH is 1. The van der Waals surface area contributed by atoms with Crippen molar-refractivity contribution >= 4 is 17.3 Å². The molecule has 2 N–H and O–H groups in total. The fourth-order valence-corrected chi connectivity index (χ4v) is 2.39. The highest BCUT2D eigenvalue weighted by atomic mass is 16.6. The quantitative estimate of drug-likeness (QED) is 0.628. The normalized spacial score (nSPS) is 18.6. The summed E-state index contributed by atoms with van der Waals surface area (Å²) >= 11 is 0. The molecule has 1 unspecified atom stereocenters. The van der Waals surface area contributed by atoms with E-state index in [1.165, 1.54) is 18.2 Å². The summed E-state index contributed by atoms with van der Waals surface area (Å²) < 4.78 is 0. The van der Waals surface area contributed by atoms with Crippen molar-refractivity contribution < 1.29 is 19.9 Å². The number of nitrogens with zero attached hydrogens (tertiary/aromatic N) is 2. The second-order valence-electron chi connectivity index (χ2n) is 4.44. The maximum atomic E-state index is 11.2. The van der Waals surface area contributed by atoms with Crippen molar-refractivity contribution in [1.29, 1.82) is 0 Å². The predicted octanol–water partition coefficient (Wildman–Crippen LogP) is 1.25. The standard InChI is InChI=1S/C12H14N2O5/c15-7-9-2-1-5-13(9)11-6-8(14(18)19)3-4-10(11)12(16)17/h3-4,6,9,15H,1-2,5,7H2,(H,16,17). The van der Waals surface area contributed by atoms with E-state index in [4.69, 9.17) is 5.11 Å². The average Bonchev–Trinajstić information content (AvgIpc) is 2.85. The van der Waals surface area contributed by atoms with Crippen LogP contribution in [0.2, 0.25) is 0 Å². The number of nitro benzene ring substituents is 1. The molecule has 1 aliphatic heterocycles. The Hall–Kier alpha value is -2.15. The number of anilines is 1. The van der Waals surface area contributed by atoms with Crippen molar-refractivity contribution in [3.63, 3.8) is 0 Å². The smallest absolute Gasteiger partial charge is 0.337 e. The highest BCUT2D eigenvalue weighted by molar-refractivity contribution is 5.95. The van der Waals surface area contributed by atoms with E-state index in [1.54, 1.807) is 4.90 Å². The fraction of sp³-hybridized carbons (Fsp3) is 0.417. The zero-order valence-electron chi connectivity index (χ0n) is 10.2. The Labute approximate surface area is 109 Å². The first-order valence-corrected chi connectivity index (χ1v) is 5.94. The maximum Gasteiger partial charge on any atom is 0.337 e. The zero-order valence-corrected chi connectivity index (χ0v) is 10.2. The topological polar surface area (TPSA) is 104 Å². The molecule has 0 aliphatic carbocycles. The summed E-state index contributed by atoms with van der Waals surface area (Å²) in [5.74, 6) is -1.13. The van der Waals surface area contributed by atoms with Crippen LogP contribution in [0.15, 0.2) is 18.2 Å². The Bertz CT molecular complexity index is 517. The van der Waals surface area contributed by atoms with Crippen LogP contribution in [0.3, 0.4) is 0 Å². The molecule has 0 bridgehead atoms. The lowest BCUT2D eigenvalue weighted by molar-refractivity contribution is -0.384. The molecule has 1 heterocycles. The number of rotatable bonds is 4. The van der Waals surface area contributed by atoms with Gasteiger partial charge in [0.05, 0.1) is 28.8 Å². The molecule has 1 atom stereocenters. The largest absolute Gasteiger partial charge is 0.478 e. The number of benzene rings is 1. The Morgan fingerprint density at radius 2 is 2.26 bits per heavy atom. The molecule has 0 radical (unpaired) electrons. The second kappa shape index (κ2) is 5.23. The molecular formula is C12H14N2O5. The van der Waals surface area contributed by atoms with Gasteiger partial charge < -0.3 is 15.1 Å². The zero-order chi connectivity index (χ0) is 14.0. The SMILES string of the molecule is O=C(O)c1ccc([N+](=O)[O-])cc1N1CCCC1CO. The molecule has 0 saturated carbocycles. The summed E-state index contributed by atoms with van der Waals surface area (Å²) in [5.41, 5.74) is 0.174. The van der Waals surface area contributed by atoms with Gasteiger partial charge in [-0.05, 0) is 18.9 Å². The molecule has 1 aromatic carbocycles. The summed E-state index contributed by atoms with van der Waals surface area (Å²) in [7, 11) is 0. The Balaban J connectivity index is 2.48. The van der Waals surface area contributed by atoms with Crippen LogP contribution in [0.4, 0.5) is 11.4 Å². The number of non-ortho nitro benzene ring substituents is 1. The first-order chi connectivity index (χ1) is 9.04. The van der Waals surface area contributed by atoms with Gasteiger partial charge in [-0.25, -0.2) is 4.79 Å². The number of hydrogen-bond acceptors (Lipinski definition) is 5. The minimum atomic E-state index is -1.13. The van der Waals surface area contributed by atoms with Gasteiger partial charge in [-0.3, -0.25) is 10.1 Å². The summed E-state index contributed by atoms with van der Waals surface area (Å²) in [5, 5.41) is 29.2. The van der Waals surface area contributed by atoms with Gasteiger partial charge in [0, 0.05) is 18.7 Å². The van der Waals surface area contributed by atoms with Crippen molar-refractivity contribution in [2.75, 3.05) is 18.1 Å². The van der Waals surface area contributed by atoms with Gasteiger partial charge in [-0.15, -0.1) is 0 Å². The number of carbonyl (C=O) groups is 1. The molecule has 1 fully saturated rings. The molecule has 1 saturated heterocycles. The van der Waals surface area contributed by atoms with E-state index >= 15 is 0 Å². The van der Waals surface area contributed by atoms with Crippen LogP contribution in [-0.4, -0.2) is 40.3 Å². The lowest BCUT2D eigenvalue weighted by atomic mass is 10.1. The first-order valence-electron chi connectivity index (χ1n) is 5.94. The molecule has 0 aromatic heterocycles. The molecule has 1 aromatic rings. The maximum absolute atomic E-state index is 11.2. The Kier molecular flexibility index (Phi) is 3.66. The van der Waals surface area contributed by atoms with Gasteiger partial charge in [0.15, 0.2) is 0 Å². The van der Waals surface area contributed by atoms with E-state index < -0.39 is 10.9 Å². The Morgan fingerprint density at radius 1 is 1.53 bits per heavy atom. The van der Waals surface area contributed by atoms with Crippen molar-refractivity contribution in [3.05, 3.63) is 33.9 Å².